The van der Waals surface area contributed by atoms with Gasteiger partial charge in [-0.15, -0.1) is 0 Å². The molecule has 144 valence electrons. The fraction of sp³-hybridized carbons (Fsp3) is 0.364. The summed E-state index contributed by atoms with van der Waals surface area (Å²) in [5.74, 6) is -0.177. The maximum Gasteiger partial charge on any atom is 0.270 e. The predicted molar refractivity (Wildman–Crippen MR) is 108 cm³/mol. The summed E-state index contributed by atoms with van der Waals surface area (Å²) in [6, 6.07) is 13.5. The third-order valence-corrected chi connectivity index (χ3v) is 5.23. The van der Waals surface area contributed by atoms with Gasteiger partial charge < -0.3 is 4.90 Å². The van der Waals surface area contributed by atoms with Gasteiger partial charge in [0.05, 0.1) is 17.4 Å². The van der Waals surface area contributed by atoms with E-state index >= 15 is 0 Å². The second-order valence-corrected chi connectivity index (χ2v) is 7.47. The molecule has 2 aliphatic rings. The molecule has 0 radical (unpaired) electrons. The lowest BCUT2D eigenvalue weighted by Gasteiger charge is -2.31. The molecule has 0 saturated heterocycles. The molecule has 0 spiro atoms. The highest BCUT2D eigenvalue weighted by Gasteiger charge is 2.39. The number of aromatic nitrogens is 1. The van der Waals surface area contributed by atoms with Crippen molar-refractivity contribution in [3.8, 4) is 0 Å². The lowest BCUT2D eigenvalue weighted by molar-refractivity contribution is -0.127. The van der Waals surface area contributed by atoms with Gasteiger partial charge in [0.2, 0.25) is 5.91 Å². The molecule has 0 N–H and O–H groups in total. The molecule has 1 aromatic heterocycles. The average Bonchev–Trinajstić information content (AvgIpc) is 3.54. The van der Waals surface area contributed by atoms with E-state index in [-0.39, 0.29) is 30.3 Å². The number of benzene rings is 1. The number of carbonyl (C=O) groups excluding carboxylic acids is 2. The van der Waals surface area contributed by atoms with Crippen molar-refractivity contribution in [1.82, 2.24) is 9.88 Å². The summed E-state index contributed by atoms with van der Waals surface area (Å²) in [5.41, 5.74) is 3.05. The Balaban J connectivity index is 1.63. The summed E-state index contributed by atoms with van der Waals surface area (Å²) in [4.78, 5) is 32.1. The van der Waals surface area contributed by atoms with Crippen molar-refractivity contribution in [3.63, 3.8) is 0 Å². The van der Waals surface area contributed by atoms with Crippen LogP contribution in [-0.4, -0.2) is 33.5 Å². The Bertz CT molecular complexity index is 921. The zero-order chi connectivity index (χ0) is 19.7. The maximum atomic E-state index is 13.4. The van der Waals surface area contributed by atoms with Gasteiger partial charge in [-0.25, -0.2) is 5.01 Å². The van der Waals surface area contributed by atoms with Crippen LogP contribution < -0.4 is 5.01 Å². The molecule has 0 bridgehead atoms. The van der Waals surface area contributed by atoms with E-state index in [4.69, 9.17) is 0 Å². The molecule has 6 heteroatoms. The van der Waals surface area contributed by atoms with E-state index in [1.54, 1.807) is 6.20 Å². The lowest BCUT2D eigenvalue weighted by atomic mass is 10.1. The van der Waals surface area contributed by atoms with Crippen LogP contribution in [0.5, 0.6) is 0 Å². The van der Waals surface area contributed by atoms with Crippen molar-refractivity contribution in [2.45, 2.75) is 51.6 Å². The van der Waals surface area contributed by atoms with E-state index in [0.717, 1.165) is 24.1 Å². The first-order valence-corrected chi connectivity index (χ1v) is 9.75. The first-order chi connectivity index (χ1) is 13.5. The van der Waals surface area contributed by atoms with Crippen LogP contribution in [0.4, 0.5) is 5.69 Å². The van der Waals surface area contributed by atoms with Crippen LogP contribution in [0, 0.1) is 6.92 Å². The molecule has 1 aliphatic heterocycles. The van der Waals surface area contributed by atoms with E-state index in [1.165, 1.54) is 5.01 Å². The second-order valence-electron chi connectivity index (χ2n) is 7.47. The first-order valence-electron chi connectivity index (χ1n) is 9.75. The number of amides is 2. The number of hydrazone groups is 1. The highest BCUT2D eigenvalue weighted by Crippen LogP contribution is 2.35. The largest absolute Gasteiger partial charge is 0.326 e. The fourth-order valence-electron chi connectivity index (χ4n) is 3.59. The van der Waals surface area contributed by atoms with E-state index in [0.29, 0.717) is 17.8 Å². The number of pyridine rings is 1. The Hall–Kier alpha value is -3.02. The normalized spacial score (nSPS) is 17.9. The summed E-state index contributed by atoms with van der Waals surface area (Å²) < 4.78 is 0. The molecule has 2 aromatic rings. The Morgan fingerprint density at radius 2 is 2.00 bits per heavy atom. The van der Waals surface area contributed by atoms with Crippen LogP contribution >= 0.6 is 0 Å². The molecule has 1 aromatic carbocycles. The lowest BCUT2D eigenvalue weighted by Crippen LogP contribution is -2.44. The van der Waals surface area contributed by atoms with Gasteiger partial charge in [-0.1, -0.05) is 18.2 Å². The van der Waals surface area contributed by atoms with E-state index in [1.807, 2.05) is 61.2 Å². The Morgan fingerprint density at radius 1 is 1.18 bits per heavy atom. The van der Waals surface area contributed by atoms with Crippen molar-refractivity contribution in [2.24, 2.45) is 5.10 Å². The van der Waals surface area contributed by atoms with Gasteiger partial charge in [0, 0.05) is 25.1 Å². The second kappa shape index (κ2) is 7.54. The number of hydrogen-bond donors (Lipinski definition) is 0. The zero-order valence-corrected chi connectivity index (χ0v) is 16.2. The van der Waals surface area contributed by atoms with E-state index in [9.17, 15) is 9.59 Å². The first kappa shape index (κ1) is 18.3. The molecule has 1 aliphatic carbocycles. The van der Waals surface area contributed by atoms with Crippen LogP contribution in [0.1, 0.15) is 49.9 Å². The highest BCUT2D eigenvalue weighted by molar-refractivity contribution is 6.40. The van der Waals surface area contributed by atoms with Crippen LogP contribution in [0.15, 0.2) is 53.8 Å². The number of rotatable bonds is 5. The third kappa shape index (κ3) is 3.67. The van der Waals surface area contributed by atoms with Crippen LogP contribution in [-0.2, 0) is 9.59 Å². The minimum absolute atomic E-state index is 0.0853. The van der Waals surface area contributed by atoms with Gasteiger partial charge in [0.25, 0.3) is 5.91 Å². The summed E-state index contributed by atoms with van der Waals surface area (Å²) in [5, 5.41) is 5.85. The average molecular weight is 376 g/mol. The van der Waals surface area contributed by atoms with Crippen molar-refractivity contribution >= 4 is 23.2 Å². The molecular formula is C22H24N4O2. The van der Waals surface area contributed by atoms with Gasteiger partial charge in [-0.05, 0) is 56.5 Å². The minimum Gasteiger partial charge on any atom is -0.326 e. The van der Waals surface area contributed by atoms with Crippen LogP contribution in [0.2, 0.25) is 0 Å². The van der Waals surface area contributed by atoms with E-state index in [2.05, 4.69) is 10.1 Å². The molecule has 2 heterocycles. The fourth-order valence-corrected chi connectivity index (χ4v) is 3.59. The van der Waals surface area contributed by atoms with Crippen molar-refractivity contribution in [3.05, 3.63) is 59.9 Å². The van der Waals surface area contributed by atoms with Gasteiger partial charge >= 0.3 is 0 Å². The van der Waals surface area contributed by atoms with Crippen molar-refractivity contribution < 1.29 is 9.59 Å². The smallest absolute Gasteiger partial charge is 0.270 e. The van der Waals surface area contributed by atoms with Gasteiger partial charge in [0.15, 0.2) is 0 Å². The molecule has 1 unspecified atom stereocenters. The Morgan fingerprint density at radius 3 is 2.68 bits per heavy atom. The third-order valence-electron chi connectivity index (χ3n) is 5.23. The number of carbonyl (C=O) groups is 2. The monoisotopic (exact) mass is 376 g/mol. The molecule has 28 heavy (non-hydrogen) atoms. The predicted octanol–water partition coefficient (Wildman–Crippen LogP) is 3.63. The molecule has 4 rings (SSSR count). The Kier molecular flexibility index (Phi) is 4.94. The number of anilines is 1. The Labute approximate surface area is 164 Å². The number of hydrogen-bond acceptors (Lipinski definition) is 4. The quantitative estimate of drug-likeness (QED) is 0.800. The SMILES string of the molecule is Cc1cccc(N2N=C(C(=O)N(C3CC3)C(C)c3ccccn3)CCC2=O)c1. The standard InChI is InChI=1S/C22H24N4O2/c1-15-6-5-7-18(14-15)26-21(27)12-11-20(24-26)22(28)25(17-9-10-17)16(2)19-8-3-4-13-23-19/h3-8,13-14,16-17H,9-12H2,1-2H3. The van der Waals surface area contributed by atoms with Crippen molar-refractivity contribution in [2.75, 3.05) is 5.01 Å². The molecule has 6 nitrogen and oxygen atoms in total. The molecule has 1 saturated carbocycles. The van der Waals surface area contributed by atoms with Crippen LogP contribution in [0.25, 0.3) is 0 Å². The van der Waals surface area contributed by atoms with Gasteiger partial charge in [0.1, 0.15) is 5.71 Å². The summed E-state index contributed by atoms with van der Waals surface area (Å²) in [6.07, 6.45) is 4.40. The summed E-state index contributed by atoms with van der Waals surface area (Å²) in [6.45, 7) is 3.97. The molecular weight excluding hydrogens is 352 g/mol. The topological polar surface area (TPSA) is 65.9 Å². The zero-order valence-electron chi connectivity index (χ0n) is 16.2. The van der Waals surface area contributed by atoms with Crippen LogP contribution in [0.3, 0.4) is 0 Å². The minimum atomic E-state index is -0.131. The molecule has 1 atom stereocenters. The van der Waals surface area contributed by atoms with Gasteiger partial charge in [-0.3, -0.25) is 14.6 Å². The van der Waals surface area contributed by atoms with Crippen molar-refractivity contribution in [1.29, 1.82) is 0 Å². The summed E-state index contributed by atoms with van der Waals surface area (Å²) >= 11 is 0. The number of nitrogens with zero attached hydrogens (tertiary/aromatic N) is 4. The van der Waals surface area contributed by atoms with E-state index < -0.39 is 0 Å². The number of aryl methyl sites for hydroxylation is 1. The highest BCUT2D eigenvalue weighted by atomic mass is 16.2. The van der Waals surface area contributed by atoms with Gasteiger partial charge in [-0.2, -0.15) is 5.10 Å². The molecule has 2 amide bonds. The maximum absolute atomic E-state index is 13.4. The molecule has 1 fully saturated rings. The summed E-state index contributed by atoms with van der Waals surface area (Å²) in [7, 11) is 0.